The summed E-state index contributed by atoms with van der Waals surface area (Å²) in [6, 6.07) is 0. The maximum absolute atomic E-state index is 2.37. The van der Waals surface area contributed by atoms with Crippen molar-refractivity contribution in [2.24, 2.45) is 0 Å². The van der Waals surface area contributed by atoms with Crippen LogP contribution < -0.4 is 0 Å². The van der Waals surface area contributed by atoms with E-state index in [9.17, 15) is 0 Å². The summed E-state index contributed by atoms with van der Waals surface area (Å²) in [5, 5.41) is 3.56. The van der Waals surface area contributed by atoms with Gasteiger partial charge in [0, 0.05) is 0 Å². The Hall–Kier alpha value is 0.170. The van der Waals surface area contributed by atoms with E-state index in [0.717, 1.165) is 0 Å². The molecular weight excluding hydrogens is 115 g/mol. The molecule has 8 heavy (non-hydrogen) atoms. The second kappa shape index (κ2) is 2.19. The van der Waals surface area contributed by atoms with E-state index in [1.165, 1.54) is 12.8 Å². The lowest BCUT2D eigenvalue weighted by molar-refractivity contribution is 1.16. The van der Waals surface area contributed by atoms with Gasteiger partial charge in [-0.25, -0.2) is 0 Å². The molecule has 1 heterocycles. The van der Waals surface area contributed by atoms with Crippen LogP contribution in [-0.4, -0.2) is 6.66 Å². The predicted octanol–water partition coefficient (Wildman–Crippen LogP) is 3.14. The summed E-state index contributed by atoms with van der Waals surface area (Å²) >= 11 is 0. The van der Waals surface area contributed by atoms with Crippen LogP contribution in [0.5, 0.6) is 0 Å². The fraction of sp³-hybridized carbons (Fsp3) is 0.714. The Morgan fingerprint density at radius 3 is 1.62 bits per heavy atom. The van der Waals surface area contributed by atoms with Gasteiger partial charge >= 0.3 is 0 Å². The SMILES string of the molecule is CCC1=C(CC)P1C. The molecule has 0 unspecified atom stereocenters. The summed E-state index contributed by atoms with van der Waals surface area (Å²) in [4.78, 5) is 0. The van der Waals surface area contributed by atoms with Crippen molar-refractivity contribution in [3.05, 3.63) is 10.6 Å². The van der Waals surface area contributed by atoms with Crippen molar-refractivity contribution in [1.82, 2.24) is 0 Å². The van der Waals surface area contributed by atoms with Crippen molar-refractivity contribution >= 4 is 7.92 Å². The standard InChI is InChI=1S/C7H13P/c1-4-6-7(5-2)8(6)3/h4-5H2,1-3H3. The van der Waals surface area contributed by atoms with Crippen LogP contribution in [0.3, 0.4) is 0 Å². The first-order valence-electron chi connectivity index (χ1n) is 3.27. The van der Waals surface area contributed by atoms with Gasteiger partial charge in [-0.15, -0.1) is 0 Å². The summed E-state index contributed by atoms with van der Waals surface area (Å²) in [5.41, 5.74) is 0. The van der Waals surface area contributed by atoms with E-state index in [4.69, 9.17) is 0 Å². The van der Waals surface area contributed by atoms with Gasteiger partial charge in [0.2, 0.25) is 0 Å². The van der Waals surface area contributed by atoms with Crippen molar-refractivity contribution in [1.29, 1.82) is 0 Å². The smallest absolute Gasteiger partial charge is 0.0297 e. The lowest BCUT2D eigenvalue weighted by Crippen LogP contribution is -1.51. The molecular formula is C7H13P. The van der Waals surface area contributed by atoms with Crippen LogP contribution in [0.25, 0.3) is 0 Å². The van der Waals surface area contributed by atoms with Crippen molar-refractivity contribution < 1.29 is 0 Å². The molecule has 1 rings (SSSR count). The maximum atomic E-state index is 2.37. The molecule has 0 N–H and O–H groups in total. The zero-order valence-electron chi connectivity index (χ0n) is 5.86. The summed E-state index contributed by atoms with van der Waals surface area (Å²) < 4.78 is 0. The highest BCUT2D eigenvalue weighted by atomic mass is 31.1. The Kier molecular flexibility index (Phi) is 1.72. The second-order valence-electron chi connectivity index (χ2n) is 2.16. The summed E-state index contributed by atoms with van der Waals surface area (Å²) in [5.74, 6) is 0. The van der Waals surface area contributed by atoms with Gasteiger partial charge in [-0.3, -0.25) is 0 Å². The van der Waals surface area contributed by atoms with E-state index in [1.807, 2.05) is 0 Å². The van der Waals surface area contributed by atoms with Crippen LogP contribution in [0.2, 0.25) is 0 Å². The van der Waals surface area contributed by atoms with Gasteiger partial charge in [-0.2, -0.15) is 0 Å². The molecule has 1 heteroatoms. The highest BCUT2D eigenvalue weighted by Gasteiger charge is 2.27. The minimum atomic E-state index is 0.336. The first-order valence-corrected chi connectivity index (χ1v) is 5.05. The minimum absolute atomic E-state index is 0.336. The maximum Gasteiger partial charge on any atom is -0.0297 e. The fourth-order valence-electron chi connectivity index (χ4n) is 1.23. The number of hydrogen-bond acceptors (Lipinski definition) is 0. The summed E-state index contributed by atoms with van der Waals surface area (Å²) in [6.45, 7) is 6.89. The van der Waals surface area contributed by atoms with Crippen molar-refractivity contribution in [2.45, 2.75) is 26.7 Å². The Morgan fingerprint density at radius 2 is 1.50 bits per heavy atom. The van der Waals surface area contributed by atoms with Gasteiger partial charge in [0.25, 0.3) is 0 Å². The topological polar surface area (TPSA) is 0 Å². The largest absolute Gasteiger partial charge is 0.0612 e. The first kappa shape index (κ1) is 6.29. The minimum Gasteiger partial charge on any atom is -0.0612 e. The van der Waals surface area contributed by atoms with Gasteiger partial charge in [-0.05, 0) is 30.1 Å². The van der Waals surface area contributed by atoms with Gasteiger partial charge < -0.3 is 0 Å². The Morgan fingerprint density at radius 1 is 1.12 bits per heavy atom. The second-order valence-corrected chi connectivity index (χ2v) is 4.36. The Labute approximate surface area is 52.7 Å². The molecule has 0 fully saturated rings. The highest BCUT2D eigenvalue weighted by Crippen LogP contribution is 2.69. The van der Waals surface area contributed by atoms with Crippen LogP contribution in [0, 0.1) is 0 Å². The molecule has 0 atom stereocenters. The molecule has 0 radical (unpaired) electrons. The van der Waals surface area contributed by atoms with Gasteiger partial charge in [0.05, 0.1) is 0 Å². The predicted molar refractivity (Wildman–Crippen MR) is 40.5 cm³/mol. The van der Waals surface area contributed by atoms with E-state index in [2.05, 4.69) is 20.5 Å². The van der Waals surface area contributed by atoms with Gasteiger partial charge in [0.1, 0.15) is 0 Å². The molecule has 1 aliphatic rings. The number of hydrogen-bond donors (Lipinski definition) is 0. The number of allylic oxidation sites excluding steroid dienone is 2. The molecule has 0 aromatic heterocycles. The van der Waals surface area contributed by atoms with Gasteiger partial charge in [0.15, 0.2) is 0 Å². The van der Waals surface area contributed by atoms with Crippen molar-refractivity contribution in [3.8, 4) is 0 Å². The Balaban J connectivity index is 2.43. The van der Waals surface area contributed by atoms with Crippen LogP contribution >= 0.6 is 7.92 Å². The van der Waals surface area contributed by atoms with Crippen LogP contribution in [-0.2, 0) is 0 Å². The monoisotopic (exact) mass is 128 g/mol. The molecule has 0 nitrogen and oxygen atoms in total. The molecule has 0 saturated carbocycles. The molecule has 0 aromatic rings. The van der Waals surface area contributed by atoms with E-state index in [1.54, 1.807) is 10.6 Å². The lowest BCUT2D eigenvalue weighted by Gasteiger charge is -1.82. The third-order valence-electron chi connectivity index (χ3n) is 1.76. The molecule has 0 spiro atoms. The molecule has 0 aliphatic carbocycles. The molecule has 1 aliphatic heterocycles. The highest BCUT2D eigenvalue weighted by molar-refractivity contribution is 7.73. The Bertz CT molecular complexity index is 110. The third-order valence-corrected chi connectivity index (χ3v) is 4.33. The number of rotatable bonds is 2. The van der Waals surface area contributed by atoms with E-state index in [-0.39, 0.29) is 0 Å². The summed E-state index contributed by atoms with van der Waals surface area (Å²) in [7, 11) is 0.336. The van der Waals surface area contributed by atoms with Gasteiger partial charge in [-0.1, -0.05) is 21.8 Å². The van der Waals surface area contributed by atoms with Crippen LogP contribution in [0.4, 0.5) is 0 Å². The average molecular weight is 128 g/mol. The normalized spacial score (nSPS) is 19.9. The molecule has 0 amide bonds. The molecule has 46 valence electrons. The molecule has 0 bridgehead atoms. The van der Waals surface area contributed by atoms with Crippen molar-refractivity contribution in [2.75, 3.05) is 6.66 Å². The van der Waals surface area contributed by atoms with Crippen LogP contribution in [0.15, 0.2) is 10.6 Å². The van der Waals surface area contributed by atoms with E-state index in [0.29, 0.717) is 7.92 Å². The quantitative estimate of drug-likeness (QED) is 0.501. The zero-order valence-corrected chi connectivity index (χ0v) is 6.76. The summed E-state index contributed by atoms with van der Waals surface area (Å²) in [6.07, 6.45) is 2.62. The van der Waals surface area contributed by atoms with Crippen LogP contribution in [0.1, 0.15) is 26.7 Å². The fourth-order valence-corrected chi connectivity index (χ4v) is 3.48. The zero-order chi connectivity index (χ0) is 6.15. The van der Waals surface area contributed by atoms with Crippen molar-refractivity contribution in [3.63, 3.8) is 0 Å². The molecule has 0 aromatic carbocycles. The third kappa shape index (κ3) is 0.821. The lowest BCUT2D eigenvalue weighted by atomic mass is 10.4. The van der Waals surface area contributed by atoms with E-state index < -0.39 is 0 Å². The van der Waals surface area contributed by atoms with E-state index >= 15 is 0 Å². The average Bonchev–Trinajstić information content (AvgIpc) is 2.40. The first-order chi connectivity index (χ1) is 3.81. The molecule has 0 saturated heterocycles.